The Labute approximate surface area is 94.5 Å². The summed E-state index contributed by atoms with van der Waals surface area (Å²) < 4.78 is 0. The van der Waals surface area contributed by atoms with Crippen molar-refractivity contribution in [1.82, 2.24) is 0 Å². The van der Waals surface area contributed by atoms with Gasteiger partial charge >= 0.3 is 0 Å². The van der Waals surface area contributed by atoms with Crippen LogP contribution in [-0.2, 0) is 0 Å². The second kappa shape index (κ2) is 4.55. The highest BCUT2D eigenvalue weighted by molar-refractivity contribution is 4.97. The van der Waals surface area contributed by atoms with Gasteiger partial charge in [0.25, 0.3) is 0 Å². The van der Waals surface area contributed by atoms with Crippen molar-refractivity contribution in [1.29, 1.82) is 0 Å². The van der Waals surface area contributed by atoms with Gasteiger partial charge in [-0.2, -0.15) is 0 Å². The topological polar surface area (TPSA) is 0 Å². The summed E-state index contributed by atoms with van der Waals surface area (Å²) in [6.07, 6.45) is 15.4. The Morgan fingerprint density at radius 2 is 1.27 bits per heavy atom. The molecule has 15 heavy (non-hydrogen) atoms. The minimum Gasteiger partial charge on any atom is -0.103 e. The van der Waals surface area contributed by atoms with Gasteiger partial charge in [0.1, 0.15) is 0 Å². The van der Waals surface area contributed by atoms with Crippen molar-refractivity contribution >= 4 is 0 Å². The van der Waals surface area contributed by atoms with E-state index >= 15 is 0 Å². The lowest BCUT2D eigenvalue weighted by Gasteiger charge is -2.32. The average molecular weight is 204 g/mol. The quantitative estimate of drug-likeness (QED) is 0.502. The number of allylic oxidation sites excluding steroid dienone is 2. The van der Waals surface area contributed by atoms with Crippen molar-refractivity contribution in [3.63, 3.8) is 0 Å². The van der Waals surface area contributed by atoms with Crippen LogP contribution in [0.1, 0.15) is 51.4 Å². The minimum atomic E-state index is 0.534. The van der Waals surface area contributed by atoms with Crippen LogP contribution in [0.3, 0.4) is 0 Å². The molecule has 0 unspecified atom stereocenters. The Balaban J connectivity index is 1.98. The molecule has 0 heterocycles. The molecule has 0 aromatic rings. The molecular weight excluding hydrogens is 180 g/mol. The molecule has 0 saturated heterocycles. The van der Waals surface area contributed by atoms with Crippen LogP contribution in [0.5, 0.6) is 0 Å². The first-order valence-corrected chi connectivity index (χ1v) is 6.50. The van der Waals surface area contributed by atoms with E-state index in [1.54, 1.807) is 0 Å². The van der Waals surface area contributed by atoms with Gasteiger partial charge in [-0.1, -0.05) is 37.8 Å². The van der Waals surface area contributed by atoms with Crippen molar-refractivity contribution < 1.29 is 0 Å². The van der Waals surface area contributed by atoms with Crippen molar-refractivity contribution in [3.8, 4) is 0 Å². The Kier molecular flexibility index (Phi) is 3.33. The van der Waals surface area contributed by atoms with E-state index in [9.17, 15) is 0 Å². The predicted molar refractivity (Wildman–Crippen MR) is 66.7 cm³/mol. The molecule has 0 atom stereocenters. The number of hydrogen-bond acceptors (Lipinski definition) is 0. The minimum absolute atomic E-state index is 0.534. The summed E-state index contributed by atoms with van der Waals surface area (Å²) in [5.41, 5.74) is 0.534. The van der Waals surface area contributed by atoms with E-state index in [0.29, 0.717) is 5.41 Å². The lowest BCUT2D eigenvalue weighted by Crippen LogP contribution is -2.21. The lowest BCUT2D eigenvalue weighted by molar-refractivity contribution is 0.218. The zero-order valence-electron chi connectivity index (χ0n) is 9.88. The maximum absolute atomic E-state index is 3.95. The zero-order chi connectivity index (χ0) is 10.7. The molecule has 0 N–H and O–H groups in total. The van der Waals surface area contributed by atoms with Crippen LogP contribution in [-0.4, -0.2) is 0 Å². The Hall–Kier alpha value is -0.520. The maximum atomic E-state index is 3.95. The second-order valence-corrected chi connectivity index (χ2v) is 5.78. The van der Waals surface area contributed by atoms with E-state index in [4.69, 9.17) is 0 Å². The third-order valence-electron chi connectivity index (χ3n) is 3.99. The van der Waals surface area contributed by atoms with Crippen LogP contribution in [0.4, 0.5) is 0 Å². The summed E-state index contributed by atoms with van der Waals surface area (Å²) in [6, 6.07) is 0. The highest BCUT2D eigenvalue weighted by Gasteiger charge is 2.39. The van der Waals surface area contributed by atoms with Gasteiger partial charge in [-0.15, -0.1) is 13.2 Å². The van der Waals surface area contributed by atoms with Gasteiger partial charge in [0.05, 0.1) is 0 Å². The molecule has 0 spiro atoms. The molecule has 0 aliphatic heterocycles. The van der Waals surface area contributed by atoms with Gasteiger partial charge in [-0.25, -0.2) is 0 Å². The first-order chi connectivity index (χ1) is 7.28. The highest BCUT2D eigenvalue weighted by atomic mass is 14.4. The summed E-state index contributed by atoms with van der Waals surface area (Å²) in [7, 11) is 0. The summed E-state index contributed by atoms with van der Waals surface area (Å²) in [5, 5.41) is 0. The molecule has 2 fully saturated rings. The van der Waals surface area contributed by atoms with E-state index in [-0.39, 0.29) is 0 Å². The van der Waals surface area contributed by atoms with Gasteiger partial charge < -0.3 is 0 Å². The van der Waals surface area contributed by atoms with Crippen LogP contribution >= 0.6 is 0 Å². The predicted octanol–water partition coefficient (Wildman–Crippen LogP) is 4.73. The largest absolute Gasteiger partial charge is 0.103 e. The van der Waals surface area contributed by atoms with Crippen LogP contribution in [0.15, 0.2) is 25.3 Å². The van der Waals surface area contributed by atoms with Crippen molar-refractivity contribution in [2.45, 2.75) is 51.4 Å². The molecule has 2 aliphatic rings. The fraction of sp³-hybridized carbons (Fsp3) is 0.733. The van der Waals surface area contributed by atoms with E-state index in [1.165, 1.54) is 51.4 Å². The fourth-order valence-electron chi connectivity index (χ4n) is 2.98. The van der Waals surface area contributed by atoms with E-state index < -0.39 is 0 Å². The summed E-state index contributed by atoms with van der Waals surface area (Å²) in [5.74, 6) is 2.06. The molecular formula is C15H24. The first-order valence-electron chi connectivity index (χ1n) is 6.50. The van der Waals surface area contributed by atoms with Crippen molar-refractivity contribution in [2.75, 3.05) is 0 Å². The van der Waals surface area contributed by atoms with Crippen LogP contribution in [0, 0.1) is 17.3 Å². The third kappa shape index (κ3) is 3.22. The summed E-state index contributed by atoms with van der Waals surface area (Å²) in [4.78, 5) is 0. The van der Waals surface area contributed by atoms with Crippen molar-refractivity contribution in [2.24, 2.45) is 17.3 Å². The smallest absolute Gasteiger partial charge is 0.0223 e. The molecule has 0 heteroatoms. The first kappa shape index (κ1) is 11.0. The van der Waals surface area contributed by atoms with Gasteiger partial charge in [-0.05, 0) is 42.9 Å². The molecule has 2 aliphatic carbocycles. The van der Waals surface area contributed by atoms with Gasteiger partial charge in [0.15, 0.2) is 0 Å². The molecule has 0 nitrogen and oxygen atoms in total. The molecule has 2 saturated carbocycles. The van der Waals surface area contributed by atoms with E-state index in [2.05, 4.69) is 25.3 Å². The number of hydrogen-bond donors (Lipinski definition) is 0. The molecule has 0 amide bonds. The summed E-state index contributed by atoms with van der Waals surface area (Å²) >= 11 is 0. The van der Waals surface area contributed by atoms with E-state index in [0.717, 1.165) is 11.8 Å². The molecule has 0 bridgehead atoms. The Morgan fingerprint density at radius 3 is 1.53 bits per heavy atom. The average Bonchev–Trinajstić information content (AvgIpc) is 3.02. The standard InChI is InChI=1S/C15H24/c1-3-9-15(10-4-2,11-13-5-6-13)12-14-7-8-14/h3-4,13-14H,1-2,5-12H2. The molecule has 84 valence electrons. The highest BCUT2D eigenvalue weighted by Crippen LogP contribution is 2.51. The SMILES string of the molecule is C=CCC(CC=C)(CC1CC1)CC1CC1. The normalized spacial score (nSPS) is 21.3. The van der Waals surface area contributed by atoms with Gasteiger partial charge in [-0.3, -0.25) is 0 Å². The maximum Gasteiger partial charge on any atom is -0.0223 e. The lowest BCUT2D eigenvalue weighted by atomic mass is 9.72. The zero-order valence-corrected chi connectivity index (χ0v) is 9.88. The van der Waals surface area contributed by atoms with Crippen molar-refractivity contribution in [3.05, 3.63) is 25.3 Å². The molecule has 0 radical (unpaired) electrons. The third-order valence-corrected chi connectivity index (χ3v) is 3.99. The molecule has 0 aromatic carbocycles. The molecule has 0 aromatic heterocycles. The fourth-order valence-corrected chi connectivity index (χ4v) is 2.98. The Bertz CT molecular complexity index is 204. The van der Waals surface area contributed by atoms with Crippen LogP contribution in [0.2, 0.25) is 0 Å². The monoisotopic (exact) mass is 204 g/mol. The summed E-state index contributed by atoms with van der Waals surface area (Å²) in [6.45, 7) is 7.90. The molecule has 2 rings (SSSR count). The van der Waals surface area contributed by atoms with Gasteiger partial charge in [0.2, 0.25) is 0 Å². The van der Waals surface area contributed by atoms with E-state index in [1.807, 2.05) is 0 Å². The Morgan fingerprint density at radius 1 is 0.867 bits per heavy atom. The number of rotatable bonds is 8. The van der Waals surface area contributed by atoms with Crippen LogP contribution in [0.25, 0.3) is 0 Å². The second-order valence-electron chi connectivity index (χ2n) is 5.78. The van der Waals surface area contributed by atoms with Gasteiger partial charge in [0, 0.05) is 0 Å². The van der Waals surface area contributed by atoms with Crippen LogP contribution < -0.4 is 0 Å².